The fourth-order valence-corrected chi connectivity index (χ4v) is 5.23. The van der Waals surface area contributed by atoms with Crippen LogP contribution in [0.2, 0.25) is 0 Å². The van der Waals surface area contributed by atoms with Gasteiger partial charge in [0.1, 0.15) is 0 Å². The molecule has 2 atom stereocenters. The van der Waals surface area contributed by atoms with Gasteiger partial charge in [-0.3, -0.25) is 4.79 Å². The van der Waals surface area contributed by atoms with Gasteiger partial charge in [0.2, 0.25) is 15.9 Å². The van der Waals surface area contributed by atoms with E-state index in [1.165, 1.54) is 0 Å². The predicted octanol–water partition coefficient (Wildman–Crippen LogP) is 0.205. The highest BCUT2D eigenvalue weighted by molar-refractivity contribution is 7.89. The number of piperidine rings is 1. The first-order chi connectivity index (χ1) is 11.0. The highest BCUT2D eigenvalue weighted by Crippen LogP contribution is 2.23. The summed E-state index contributed by atoms with van der Waals surface area (Å²) in [5.41, 5.74) is 5.36. The van der Waals surface area contributed by atoms with Crippen molar-refractivity contribution in [2.45, 2.75) is 57.1 Å². The minimum Gasteiger partial charge on any atom is -0.377 e. The Labute approximate surface area is 139 Å². The lowest BCUT2D eigenvalue weighted by Gasteiger charge is -2.36. The Morgan fingerprint density at radius 3 is 2.70 bits per heavy atom. The van der Waals surface area contributed by atoms with Crippen LogP contribution in [0.15, 0.2) is 0 Å². The molecule has 2 saturated heterocycles. The van der Waals surface area contributed by atoms with E-state index in [4.69, 9.17) is 10.5 Å². The van der Waals surface area contributed by atoms with Crippen LogP contribution in [-0.4, -0.2) is 62.8 Å². The van der Waals surface area contributed by atoms with Gasteiger partial charge in [-0.1, -0.05) is 6.42 Å². The normalized spacial score (nSPS) is 26.8. The van der Waals surface area contributed by atoms with Gasteiger partial charge in [0, 0.05) is 38.7 Å². The second kappa shape index (κ2) is 8.96. The van der Waals surface area contributed by atoms with Gasteiger partial charge in [-0.25, -0.2) is 8.42 Å². The minimum atomic E-state index is -3.36. The quantitative estimate of drug-likeness (QED) is 0.685. The van der Waals surface area contributed by atoms with E-state index in [9.17, 15) is 13.2 Å². The summed E-state index contributed by atoms with van der Waals surface area (Å²) < 4.78 is 32.7. The van der Waals surface area contributed by atoms with E-state index in [0.717, 1.165) is 38.5 Å². The fourth-order valence-electron chi connectivity index (χ4n) is 3.26. The molecule has 1 amide bonds. The molecular formula is C15H29N3O4S. The van der Waals surface area contributed by atoms with Crippen LogP contribution in [-0.2, 0) is 19.6 Å². The number of hydrogen-bond acceptors (Lipinski definition) is 5. The molecule has 0 saturated carbocycles. The molecule has 2 heterocycles. The van der Waals surface area contributed by atoms with E-state index in [1.807, 2.05) is 0 Å². The van der Waals surface area contributed by atoms with Crippen LogP contribution in [0.25, 0.3) is 0 Å². The molecule has 0 aromatic rings. The average Bonchev–Trinajstić information content (AvgIpc) is 2.54. The first-order valence-corrected chi connectivity index (χ1v) is 10.2. The zero-order valence-corrected chi connectivity index (χ0v) is 14.5. The van der Waals surface area contributed by atoms with E-state index in [0.29, 0.717) is 26.2 Å². The average molecular weight is 347 g/mol. The van der Waals surface area contributed by atoms with Crippen LogP contribution in [0.4, 0.5) is 0 Å². The molecule has 0 bridgehead atoms. The van der Waals surface area contributed by atoms with E-state index in [1.54, 1.807) is 4.31 Å². The van der Waals surface area contributed by atoms with Gasteiger partial charge >= 0.3 is 0 Å². The van der Waals surface area contributed by atoms with Crippen molar-refractivity contribution >= 4 is 15.9 Å². The number of carbonyl (C=O) groups excluding carboxylic acids is 1. The molecular weight excluding hydrogens is 318 g/mol. The van der Waals surface area contributed by atoms with Crippen molar-refractivity contribution in [2.24, 2.45) is 5.73 Å². The molecule has 0 aromatic heterocycles. The van der Waals surface area contributed by atoms with E-state index in [2.05, 4.69) is 5.32 Å². The monoisotopic (exact) mass is 347 g/mol. The molecule has 8 heteroatoms. The van der Waals surface area contributed by atoms with Crippen molar-refractivity contribution in [1.82, 2.24) is 9.62 Å². The molecule has 0 aromatic carbocycles. The van der Waals surface area contributed by atoms with Crippen molar-refractivity contribution in [1.29, 1.82) is 0 Å². The maximum Gasteiger partial charge on any atom is 0.221 e. The van der Waals surface area contributed by atoms with Crippen LogP contribution < -0.4 is 11.1 Å². The Balaban J connectivity index is 1.94. The fraction of sp³-hybridized carbons (Fsp3) is 0.933. The molecule has 7 nitrogen and oxygen atoms in total. The number of ether oxygens (including phenoxy) is 1. The molecule has 134 valence electrons. The number of carbonyl (C=O) groups is 1. The van der Waals surface area contributed by atoms with Crippen molar-refractivity contribution < 1.29 is 17.9 Å². The van der Waals surface area contributed by atoms with Gasteiger partial charge in [0.25, 0.3) is 0 Å². The Kier molecular flexibility index (Phi) is 7.26. The summed E-state index contributed by atoms with van der Waals surface area (Å²) in [6.07, 6.45) is 5.58. The molecule has 2 aliphatic rings. The SMILES string of the molecule is NCCC(=O)NCC1CCCCN1S(=O)(=O)CC1CCCCO1. The first-order valence-electron chi connectivity index (χ1n) is 8.61. The lowest BCUT2D eigenvalue weighted by molar-refractivity contribution is -0.121. The molecule has 0 radical (unpaired) electrons. The van der Waals surface area contributed by atoms with Crippen molar-refractivity contribution in [3.63, 3.8) is 0 Å². The number of rotatable bonds is 7. The van der Waals surface area contributed by atoms with Gasteiger partial charge in [0.15, 0.2) is 0 Å². The van der Waals surface area contributed by atoms with Gasteiger partial charge < -0.3 is 15.8 Å². The number of hydrogen-bond donors (Lipinski definition) is 2. The molecule has 2 fully saturated rings. The number of sulfonamides is 1. The van der Waals surface area contributed by atoms with Crippen LogP contribution in [0, 0.1) is 0 Å². The molecule has 2 unspecified atom stereocenters. The number of nitrogens with one attached hydrogen (secondary N) is 1. The number of amides is 1. The van der Waals surface area contributed by atoms with Crippen LogP contribution in [0.5, 0.6) is 0 Å². The highest BCUT2D eigenvalue weighted by atomic mass is 32.2. The maximum absolute atomic E-state index is 12.7. The minimum absolute atomic E-state index is 0.0558. The smallest absolute Gasteiger partial charge is 0.221 e. The summed E-state index contributed by atoms with van der Waals surface area (Å²) >= 11 is 0. The largest absolute Gasteiger partial charge is 0.377 e. The number of nitrogens with zero attached hydrogens (tertiary/aromatic N) is 1. The first kappa shape index (κ1) is 18.6. The Bertz CT molecular complexity index is 477. The molecule has 0 spiro atoms. The second-order valence-electron chi connectivity index (χ2n) is 6.37. The molecule has 2 rings (SSSR count). The Morgan fingerprint density at radius 2 is 2.00 bits per heavy atom. The molecule has 2 aliphatic heterocycles. The third-order valence-corrected chi connectivity index (χ3v) is 6.50. The summed E-state index contributed by atoms with van der Waals surface area (Å²) in [5.74, 6) is -0.0636. The van der Waals surface area contributed by atoms with Crippen molar-refractivity contribution in [3.8, 4) is 0 Å². The summed E-state index contributed by atoms with van der Waals surface area (Å²) in [5, 5.41) is 2.80. The van der Waals surface area contributed by atoms with Crippen molar-refractivity contribution in [3.05, 3.63) is 0 Å². The predicted molar refractivity (Wildman–Crippen MR) is 88.4 cm³/mol. The lowest BCUT2D eigenvalue weighted by Crippen LogP contribution is -2.51. The van der Waals surface area contributed by atoms with E-state index < -0.39 is 10.0 Å². The Morgan fingerprint density at radius 1 is 1.22 bits per heavy atom. The second-order valence-corrected chi connectivity index (χ2v) is 8.34. The van der Waals surface area contributed by atoms with Crippen LogP contribution in [0.1, 0.15) is 44.9 Å². The topological polar surface area (TPSA) is 102 Å². The third-order valence-electron chi connectivity index (χ3n) is 4.51. The third kappa shape index (κ3) is 5.70. The van der Waals surface area contributed by atoms with Gasteiger partial charge in [-0.05, 0) is 32.1 Å². The molecule has 23 heavy (non-hydrogen) atoms. The van der Waals surface area contributed by atoms with Crippen LogP contribution in [0.3, 0.4) is 0 Å². The molecule has 3 N–H and O–H groups in total. The van der Waals surface area contributed by atoms with Crippen molar-refractivity contribution in [2.75, 3.05) is 32.0 Å². The maximum atomic E-state index is 12.7. The Hall–Kier alpha value is -0.700. The van der Waals surface area contributed by atoms with E-state index >= 15 is 0 Å². The van der Waals surface area contributed by atoms with Gasteiger partial charge in [0.05, 0.1) is 11.9 Å². The zero-order chi connectivity index (χ0) is 16.7. The zero-order valence-electron chi connectivity index (χ0n) is 13.7. The van der Waals surface area contributed by atoms with Gasteiger partial charge in [-0.2, -0.15) is 4.31 Å². The lowest BCUT2D eigenvalue weighted by atomic mass is 10.1. The highest BCUT2D eigenvalue weighted by Gasteiger charge is 2.34. The summed E-state index contributed by atoms with van der Waals surface area (Å²) in [4.78, 5) is 11.6. The van der Waals surface area contributed by atoms with Gasteiger partial charge in [-0.15, -0.1) is 0 Å². The van der Waals surface area contributed by atoms with E-state index in [-0.39, 0.29) is 30.2 Å². The standard InChI is InChI=1S/C15H29N3O4S/c16-8-7-15(19)17-11-13-5-1-3-9-18(13)23(20,21)12-14-6-2-4-10-22-14/h13-14H,1-12,16H2,(H,17,19). The summed E-state index contributed by atoms with van der Waals surface area (Å²) in [6, 6.07) is -0.154. The molecule has 0 aliphatic carbocycles. The van der Waals surface area contributed by atoms with Crippen LogP contribution >= 0.6 is 0 Å². The summed E-state index contributed by atoms with van der Waals surface area (Å²) in [6.45, 7) is 1.85. The summed E-state index contributed by atoms with van der Waals surface area (Å²) in [7, 11) is -3.36. The number of nitrogens with two attached hydrogens (primary N) is 1.